The highest BCUT2D eigenvalue weighted by molar-refractivity contribution is 6.31. The summed E-state index contributed by atoms with van der Waals surface area (Å²) in [5, 5.41) is -0.286. The molecule has 1 nitrogen and oxygen atoms in total. The van der Waals surface area contributed by atoms with Crippen LogP contribution in [-0.2, 0) is 6.18 Å². The summed E-state index contributed by atoms with van der Waals surface area (Å²) in [5.41, 5.74) is 5.77. The molecule has 1 atom stereocenters. The van der Waals surface area contributed by atoms with Crippen LogP contribution in [0.15, 0.2) is 18.2 Å². The van der Waals surface area contributed by atoms with Gasteiger partial charge in [-0.1, -0.05) is 43.9 Å². The van der Waals surface area contributed by atoms with Crippen molar-refractivity contribution in [3.8, 4) is 0 Å². The van der Waals surface area contributed by atoms with Gasteiger partial charge in [-0.3, -0.25) is 0 Å². The number of rotatable bonds is 5. The summed E-state index contributed by atoms with van der Waals surface area (Å²) in [6.07, 6.45) is -0.531. The smallest absolute Gasteiger partial charge is 0.324 e. The molecule has 0 unspecified atom stereocenters. The molecule has 0 saturated heterocycles. The SMILES string of the molecule is CCCCC[C@@H](N)c1ccc(C(F)(F)F)c(Cl)c1.Cl. The van der Waals surface area contributed by atoms with Gasteiger partial charge < -0.3 is 5.73 Å². The zero-order valence-electron chi connectivity index (χ0n) is 10.6. The van der Waals surface area contributed by atoms with Crippen molar-refractivity contribution in [3.63, 3.8) is 0 Å². The first-order chi connectivity index (χ1) is 8.36. The van der Waals surface area contributed by atoms with E-state index in [-0.39, 0.29) is 23.5 Å². The van der Waals surface area contributed by atoms with Crippen LogP contribution in [0, 0.1) is 0 Å². The van der Waals surface area contributed by atoms with Gasteiger partial charge in [0.2, 0.25) is 0 Å². The summed E-state index contributed by atoms with van der Waals surface area (Å²) < 4.78 is 37.5. The third-order valence-corrected chi connectivity index (χ3v) is 3.16. The van der Waals surface area contributed by atoms with Crippen LogP contribution in [0.25, 0.3) is 0 Å². The van der Waals surface area contributed by atoms with E-state index in [0.29, 0.717) is 5.56 Å². The van der Waals surface area contributed by atoms with Crippen LogP contribution in [0.2, 0.25) is 5.02 Å². The minimum Gasteiger partial charge on any atom is -0.324 e. The Labute approximate surface area is 122 Å². The first-order valence-corrected chi connectivity index (χ1v) is 6.36. The second-order valence-corrected chi connectivity index (χ2v) is 4.75. The van der Waals surface area contributed by atoms with Gasteiger partial charge in [-0.05, 0) is 24.1 Å². The van der Waals surface area contributed by atoms with Gasteiger partial charge in [-0.15, -0.1) is 12.4 Å². The van der Waals surface area contributed by atoms with Gasteiger partial charge in [0.1, 0.15) is 0 Å². The van der Waals surface area contributed by atoms with Crippen LogP contribution in [0.1, 0.15) is 49.8 Å². The maximum absolute atomic E-state index is 12.5. The molecule has 0 bridgehead atoms. The van der Waals surface area contributed by atoms with Crippen molar-refractivity contribution in [1.29, 1.82) is 0 Å². The minimum absolute atomic E-state index is 0. The predicted octanol–water partition coefficient (Wildman–Crippen LogP) is 5.36. The van der Waals surface area contributed by atoms with Crippen molar-refractivity contribution in [2.45, 2.75) is 44.8 Å². The summed E-state index contributed by atoms with van der Waals surface area (Å²) in [5.74, 6) is 0. The van der Waals surface area contributed by atoms with E-state index in [2.05, 4.69) is 6.92 Å². The second-order valence-electron chi connectivity index (χ2n) is 4.34. The van der Waals surface area contributed by atoms with Gasteiger partial charge in [0.05, 0.1) is 10.6 Å². The molecule has 6 heteroatoms. The van der Waals surface area contributed by atoms with Gasteiger partial charge in [-0.25, -0.2) is 0 Å². The largest absolute Gasteiger partial charge is 0.417 e. The predicted molar refractivity (Wildman–Crippen MR) is 74.8 cm³/mol. The van der Waals surface area contributed by atoms with E-state index in [1.165, 1.54) is 12.1 Å². The molecule has 0 aromatic heterocycles. The molecule has 0 aliphatic heterocycles. The summed E-state index contributed by atoms with van der Waals surface area (Å²) in [4.78, 5) is 0. The zero-order chi connectivity index (χ0) is 13.8. The van der Waals surface area contributed by atoms with E-state index in [1.54, 1.807) is 0 Å². The molecule has 1 aromatic carbocycles. The van der Waals surface area contributed by atoms with Crippen LogP contribution in [0.4, 0.5) is 13.2 Å². The maximum atomic E-state index is 12.5. The fourth-order valence-electron chi connectivity index (χ4n) is 1.77. The molecule has 2 N–H and O–H groups in total. The Kier molecular flexibility index (Phi) is 7.79. The fourth-order valence-corrected chi connectivity index (χ4v) is 2.07. The monoisotopic (exact) mass is 315 g/mol. The quantitative estimate of drug-likeness (QED) is 0.727. The van der Waals surface area contributed by atoms with Crippen molar-refractivity contribution in [2.75, 3.05) is 0 Å². The Bertz CT molecular complexity index is 394. The van der Waals surface area contributed by atoms with Gasteiger partial charge >= 0.3 is 6.18 Å². The van der Waals surface area contributed by atoms with Crippen molar-refractivity contribution in [3.05, 3.63) is 34.3 Å². The molecular weight excluding hydrogens is 298 g/mol. The summed E-state index contributed by atoms with van der Waals surface area (Å²) in [6.45, 7) is 2.08. The zero-order valence-corrected chi connectivity index (χ0v) is 12.2. The highest BCUT2D eigenvalue weighted by Gasteiger charge is 2.33. The number of halogens is 5. The Balaban J connectivity index is 0.00000324. The van der Waals surface area contributed by atoms with Crippen LogP contribution in [0.3, 0.4) is 0 Å². The molecule has 0 amide bonds. The van der Waals surface area contributed by atoms with Gasteiger partial charge in [0.25, 0.3) is 0 Å². The van der Waals surface area contributed by atoms with Crippen LogP contribution in [0.5, 0.6) is 0 Å². The average Bonchev–Trinajstić information content (AvgIpc) is 2.27. The number of nitrogens with two attached hydrogens (primary N) is 1. The number of hydrogen-bond donors (Lipinski definition) is 1. The maximum Gasteiger partial charge on any atom is 0.417 e. The molecule has 0 heterocycles. The molecule has 0 aliphatic rings. The molecular formula is C13H18Cl2F3N. The fraction of sp³-hybridized carbons (Fsp3) is 0.538. The molecule has 0 spiro atoms. The Morgan fingerprint density at radius 2 is 1.89 bits per heavy atom. The Morgan fingerprint density at radius 3 is 2.37 bits per heavy atom. The lowest BCUT2D eigenvalue weighted by atomic mass is 10.00. The molecule has 110 valence electrons. The van der Waals surface area contributed by atoms with E-state index in [4.69, 9.17) is 17.3 Å². The van der Waals surface area contributed by atoms with Crippen molar-refractivity contribution >= 4 is 24.0 Å². The third-order valence-electron chi connectivity index (χ3n) is 2.85. The van der Waals surface area contributed by atoms with E-state index in [9.17, 15) is 13.2 Å². The summed E-state index contributed by atoms with van der Waals surface area (Å²) in [7, 11) is 0. The lowest BCUT2D eigenvalue weighted by molar-refractivity contribution is -0.137. The van der Waals surface area contributed by atoms with Crippen LogP contribution >= 0.6 is 24.0 Å². The number of hydrogen-bond acceptors (Lipinski definition) is 1. The van der Waals surface area contributed by atoms with Gasteiger partial charge in [-0.2, -0.15) is 13.2 Å². The standard InChI is InChI=1S/C13H17ClF3N.ClH/c1-2-3-4-5-12(18)9-6-7-10(11(14)8-9)13(15,16)17;/h6-8,12H,2-5,18H2,1H3;1H/t12-;/m1./s1. The van der Waals surface area contributed by atoms with Gasteiger partial charge in [0.15, 0.2) is 0 Å². The number of alkyl halides is 3. The molecule has 0 saturated carbocycles. The average molecular weight is 316 g/mol. The minimum atomic E-state index is -4.41. The topological polar surface area (TPSA) is 26.0 Å². The van der Waals surface area contributed by atoms with Crippen molar-refractivity contribution < 1.29 is 13.2 Å². The highest BCUT2D eigenvalue weighted by atomic mass is 35.5. The Hall–Kier alpha value is -0.450. The first-order valence-electron chi connectivity index (χ1n) is 5.98. The van der Waals surface area contributed by atoms with Crippen LogP contribution < -0.4 is 5.73 Å². The van der Waals surface area contributed by atoms with Crippen molar-refractivity contribution in [2.24, 2.45) is 5.73 Å². The number of benzene rings is 1. The highest BCUT2D eigenvalue weighted by Crippen LogP contribution is 2.35. The Morgan fingerprint density at radius 1 is 1.26 bits per heavy atom. The summed E-state index contributed by atoms with van der Waals surface area (Å²) in [6, 6.07) is 3.47. The molecule has 0 fully saturated rings. The lowest BCUT2D eigenvalue weighted by Crippen LogP contribution is -2.12. The summed E-state index contributed by atoms with van der Waals surface area (Å²) >= 11 is 5.64. The van der Waals surface area contributed by atoms with Gasteiger partial charge in [0, 0.05) is 6.04 Å². The molecule has 0 radical (unpaired) electrons. The molecule has 1 rings (SSSR count). The second kappa shape index (κ2) is 7.98. The number of unbranched alkanes of at least 4 members (excludes halogenated alkanes) is 2. The third kappa shape index (κ3) is 5.59. The molecule has 1 aromatic rings. The first kappa shape index (κ1) is 18.6. The normalized spacial score (nSPS) is 12.9. The van der Waals surface area contributed by atoms with E-state index in [1.807, 2.05) is 0 Å². The van der Waals surface area contributed by atoms with E-state index >= 15 is 0 Å². The molecule has 19 heavy (non-hydrogen) atoms. The van der Waals surface area contributed by atoms with E-state index in [0.717, 1.165) is 31.7 Å². The lowest BCUT2D eigenvalue weighted by Gasteiger charge is -2.15. The van der Waals surface area contributed by atoms with Crippen molar-refractivity contribution in [1.82, 2.24) is 0 Å². The van der Waals surface area contributed by atoms with Crippen LogP contribution in [-0.4, -0.2) is 0 Å². The molecule has 0 aliphatic carbocycles. The van der Waals surface area contributed by atoms with E-state index < -0.39 is 11.7 Å².